The number of aliphatic hydroxyl groups excluding tert-OH is 1. The van der Waals surface area contributed by atoms with Crippen LogP contribution in [0.4, 0.5) is 4.39 Å². The Morgan fingerprint density at radius 3 is 2.53 bits per heavy atom. The number of ether oxygens (including phenoxy) is 4. The lowest BCUT2D eigenvalue weighted by molar-refractivity contribution is -0.351. The zero-order valence-corrected chi connectivity index (χ0v) is 19.3. The first-order valence-corrected chi connectivity index (χ1v) is 11.8. The van der Waals surface area contributed by atoms with Gasteiger partial charge in [-0.05, 0) is 57.7 Å². The van der Waals surface area contributed by atoms with Gasteiger partial charge in [-0.15, -0.1) is 0 Å². The van der Waals surface area contributed by atoms with Gasteiger partial charge in [0.2, 0.25) is 0 Å². The van der Waals surface area contributed by atoms with Gasteiger partial charge >= 0.3 is 0 Å². The lowest BCUT2D eigenvalue weighted by Gasteiger charge is -2.62. The number of fused-ring (bicyclic) bond motifs is 2. The second kappa shape index (κ2) is 7.45. The minimum Gasteiger partial charge on any atom is -0.390 e. The molecule has 2 N–H and O–H groups in total. The molecule has 7 heteroatoms. The SMILES string of the molecule is CCCO[C@@H]1[C@H]2CO[C@@]13[C@@H](O)C[C@@H]1[C@H](OCc4ccc(F)cc4)[C@]3(OC1(C)C)[C@@](C)(O)C2. The predicted octanol–water partition coefficient (Wildman–Crippen LogP) is 2.97. The Morgan fingerprint density at radius 1 is 1.12 bits per heavy atom. The summed E-state index contributed by atoms with van der Waals surface area (Å²) in [5.41, 5.74) is -3.61. The first-order valence-electron chi connectivity index (χ1n) is 11.8. The van der Waals surface area contributed by atoms with Crippen molar-refractivity contribution in [2.45, 2.75) is 94.3 Å². The topological polar surface area (TPSA) is 77.4 Å². The molecule has 2 aliphatic carbocycles. The third kappa shape index (κ3) is 2.85. The van der Waals surface area contributed by atoms with Gasteiger partial charge in [-0.25, -0.2) is 4.39 Å². The minimum absolute atomic E-state index is 0.0292. The monoisotopic (exact) mass is 450 g/mol. The summed E-state index contributed by atoms with van der Waals surface area (Å²) in [4.78, 5) is 0. The van der Waals surface area contributed by atoms with Crippen molar-refractivity contribution in [2.75, 3.05) is 13.2 Å². The molecule has 0 aromatic heterocycles. The van der Waals surface area contributed by atoms with Crippen LogP contribution in [0.5, 0.6) is 0 Å². The van der Waals surface area contributed by atoms with Crippen molar-refractivity contribution in [3.8, 4) is 0 Å². The maximum absolute atomic E-state index is 13.4. The van der Waals surface area contributed by atoms with Gasteiger partial charge in [0.25, 0.3) is 0 Å². The van der Waals surface area contributed by atoms with E-state index in [9.17, 15) is 14.6 Å². The predicted molar refractivity (Wildman–Crippen MR) is 114 cm³/mol. The van der Waals surface area contributed by atoms with Crippen LogP contribution in [0, 0.1) is 17.7 Å². The van der Waals surface area contributed by atoms with E-state index in [-0.39, 0.29) is 30.4 Å². The highest BCUT2D eigenvalue weighted by Gasteiger charge is 2.86. The third-order valence-corrected chi connectivity index (χ3v) is 8.33. The van der Waals surface area contributed by atoms with E-state index in [0.717, 1.165) is 12.0 Å². The number of halogens is 1. The zero-order valence-electron chi connectivity index (χ0n) is 19.3. The van der Waals surface area contributed by atoms with Crippen LogP contribution in [0.2, 0.25) is 0 Å². The Kier molecular flexibility index (Phi) is 5.29. The van der Waals surface area contributed by atoms with Crippen LogP contribution >= 0.6 is 0 Å². The minimum atomic E-state index is -1.29. The summed E-state index contributed by atoms with van der Waals surface area (Å²) >= 11 is 0. The van der Waals surface area contributed by atoms with E-state index < -0.39 is 34.6 Å². The quantitative estimate of drug-likeness (QED) is 0.694. The van der Waals surface area contributed by atoms with Crippen molar-refractivity contribution >= 4 is 0 Å². The van der Waals surface area contributed by atoms with Crippen LogP contribution in [0.3, 0.4) is 0 Å². The molecule has 2 heterocycles. The maximum atomic E-state index is 13.4. The Morgan fingerprint density at radius 2 is 1.84 bits per heavy atom. The number of benzene rings is 1. The van der Waals surface area contributed by atoms with E-state index in [1.54, 1.807) is 19.1 Å². The Hall–Kier alpha value is -1.09. The fraction of sp³-hybridized carbons (Fsp3) is 0.760. The molecule has 0 radical (unpaired) electrons. The first kappa shape index (κ1) is 22.7. The van der Waals surface area contributed by atoms with E-state index in [0.29, 0.717) is 26.1 Å². The van der Waals surface area contributed by atoms with Crippen LogP contribution in [-0.4, -0.2) is 64.1 Å². The molecule has 4 fully saturated rings. The highest BCUT2D eigenvalue weighted by Crippen LogP contribution is 2.68. The molecular formula is C25H35FO6. The summed E-state index contributed by atoms with van der Waals surface area (Å²) in [6.07, 6.45) is -0.0407. The summed E-state index contributed by atoms with van der Waals surface area (Å²) in [5.74, 6) is -0.478. The molecule has 8 atom stereocenters. The number of hydrogen-bond donors (Lipinski definition) is 2. The summed E-state index contributed by atoms with van der Waals surface area (Å²) in [6, 6.07) is 6.22. The van der Waals surface area contributed by atoms with Crippen molar-refractivity contribution < 1.29 is 33.6 Å². The lowest BCUT2D eigenvalue weighted by atomic mass is 9.51. The van der Waals surface area contributed by atoms with Crippen LogP contribution in [-0.2, 0) is 25.6 Å². The number of hydrogen-bond acceptors (Lipinski definition) is 6. The fourth-order valence-electron chi connectivity index (χ4n) is 7.11. The van der Waals surface area contributed by atoms with Gasteiger partial charge < -0.3 is 29.2 Å². The molecule has 0 amide bonds. The number of aliphatic hydroxyl groups is 2. The molecule has 2 spiro atoms. The average molecular weight is 451 g/mol. The van der Waals surface area contributed by atoms with Crippen LogP contribution in [0.15, 0.2) is 24.3 Å². The Labute approximate surface area is 189 Å². The molecule has 2 saturated carbocycles. The summed E-state index contributed by atoms with van der Waals surface area (Å²) in [7, 11) is 0. The molecule has 4 bridgehead atoms. The molecule has 1 aromatic carbocycles. The van der Waals surface area contributed by atoms with Gasteiger partial charge in [0.05, 0.1) is 42.7 Å². The third-order valence-electron chi connectivity index (χ3n) is 8.33. The maximum Gasteiger partial charge on any atom is 0.157 e. The first-order chi connectivity index (χ1) is 15.1. The summed E-state index contributed by atoms with van der Waals surface area (Å²) in [6.45, 7) is 9.01. The molecule has 2 saturated heterocycles. The van der Waals surface area contributed by atoms with E-state index >= 15 is 0 Å². The second-order valence-corrected chi connectivity index (χ2v) is 10.8. The molecule has 6 nitrogen and oxygen atoms in total. The standard InChI is InChI=1S/C25H35FO6/c1-5-10-29-20-16-12-23(4,28)25-21(30-13-15-6-8-17(26)9-7-15)18(22(2,3)32-25)11-19(27)24(20,25)31-14-16/h6-9,16,18-21,27-28H,5,10-14H2,1-4H3/t16-,18-,19+,20-,21+,23+,24+,25+/m1/s1. The van der Waals surface area contributed by atoms with Gasteiger partial charge in [0.1, 0.15) is 5.82 Å². The molecule has 1 aromatic rings. The second-order valence-electron chi connectivity index (χ2n) is 10.8. The van der Waals surface area contributed by atoms with Gasteiger partial charge in [-0.2, -0.15) is 0 Å². The van der Waals surface area contributed by atoms with E-state index in [2.05, 4.69) is 0 Å². The molecule has 32 heavy (non-hydrogen) atoms. The van der Waals surface area contributed by atoms with Crippen molar-refractivity contribution in [3.05, 3.63) is 35.6 Å². The number of rotatable bonds is 6. The van der Waals surface area contributed by atoms with Crippen molar-refractivity contribution in [2.24, 2.45) is 11.8 Å². The molecule has 0 unspecified atom stereocenters. The molecule has 178 valence electrons. The molecule has 5 rings (SSSR count). The Balaban J connectivity index is 1.59. The van der Waals surface area contributed by atoms with Crippen molar-refractivity contribution in [3.63, 3.8) is 0 Å². The van der Waals surface area contributed by atoms with Crippen LogP contribution in [0.25, 0.3) is 0 Å². The smallest absolute Gasteiger partial charge is 0.157 e. The van der Waals surface area contributed by atoms with Gasteiger partial charge in [0.15, 0.2) is 11.2 Å². The fourth-order valence-corrected chi connectivity index (χ4v) is 7.11. The van der Waals surface area contributed by atoms with Gasteiger partial charge in [-0.1, -0.05) is 19.1 Å². The average Bonchev–Trinajstić information content (AvgIpc) is 3.12. The van der Waals surface area contributed by atoms with Crippen LogP contribution < -0.4 is 0 Å². The molecule has 4 aliphatic rings. The zero-order chi connectivity index (χ0) is 22.9. The Bertz CT molecular complexity index is 856. The lowest BCUT2D eigenvalue weighted by Crippen LogP contribution is -2.83. The van der Waals surface area contributed by atoms with E-state index in [1.165, 1.54) is 12.1 Å². The van der Waals surface area contributed by atoms with E-state index in [4.69, 9.17) is 18.9 Å². The summed E-state index contributed by atoms with van der Waals surface area (Å²) in [5, 5.41) is 23.4. The molecular weight excluding hydrogens is 415 g/mol. The molecule has 2 aliphatic heterocycles. The van der Waals surface area contributed by atoms with Gasteiger partial charge in [-0.3, -0.25) is 0 Å². The normalized spacial score (nSPS) is 46.3. The highest BCUT2D eigenvalue weighted by molar-refractivity contribution is 5.35. The van der Waals surface area contributed by atoms with Crippen molar-refractivity contribution in [1.82, 2.24) is 0 Å². The largest absolute Gasteiger partial charge is 0.390 e. The summed E-state index contributed by atoms with van der Waals surface area (Å²) < 4.78 is 39.5. The van der Waals surface area contributed by atoms with E-state index in [1.807, 2.05) is 20.8 Å². The van der Waals surface area contributed by atoms with Gasteiger partial charge in [0, 0.05) is 18.4 Å². The van der Waals surface area contributed by atoms with Crippen LogP contribution in [0.1, 0.15) is 52.5 Å². The highest BCUT2D eigenvalue weighted by atomic mass is 19.1. The van der Waals surface area contributed by atoms with Crippen molar-refractivity contribution in [1.29, 1.82) is 0 Å².